The van der Waals surface area contributed by atoms with Gasteiger partial charge in [-0.2, -0.15) is 0 Å². The second kappa shape index (κ2) is 12.5. The van der Waals surface area contributed by atoms with Crippen molar-refractivity contribution in [2.45, 2.75) is 19.4 Å². The third-order valence-corrected chi connectivity index (χ3v) is 6.08. The van der Waals surface area contributed by atoms with Crippen molar-refractivity contribution in [3.8, 4) is 0 Å². The number of nitrogens with zero attached hydrogens (tertiary/aromatic N) is 1. The van der Waals surface area contributed by atoms with Crippen molar-refractivity contribution in [2.75, 3.05) is 17.2 Å². The molecule has 0 saturated heterocycles. The number of aliphatic imine (C=N–C) groups is 1. The maximum absolute atomic E-state index is 12.3. The highest BCUT2D eigenvalue weighted by Crippen LogP contribution is 2.19. The predicted molar refractivity (Wildman–Crippen MR) is 147 cm³/mol. The lowest BCUT2D eigenvalue weighted by molar-refractivity contribution is -0.116. The number of thiophene rings is 1. The molecule has 1 heterocycles. The molecule has 1 amide bonds. The van der Waals surface area contributed by atoms with Crippen LogP contribution in [0.1, 0.15) is 16.9 Å². The highest BCUT2D eigenvalue weighted by atomic mass is 32.1. The van der Waals surface area contributed by atoms with Crippen molar-refractivity contribution in [1.82, 2.24) is 5.32 Å². The van der Waals surface area contributed by atoms with Gasteiger partial charge >= 0.3 is 0 Å². The number of hydrogen-bond acceptors (Lipinski definition) is 5. The van der Waals surface area contributed by atoms with Crippen molar-refractivity contribution in [1.29, 1.82) is 0 Å². The molecule has 0 spiro atoms. The molecule has 3 aromatic carbocycles. The van der Waals surface area contributed by atoms with Gasteiger partial charge in [0, 0.05) is 47.9 Å². The first-order valence-electron chi connectivity index (χ1n) is 11.5. The van der Waals surface area contributed by atoms with Crippen LogP contribution in [-0.4, -0.2) is 18.3 Å². The molecule has 4 aromatic rings. The van der Waals surface area contributed by atoms with E-state index in [9.17, 15) is 4.79 Å². The van der Waals surface area contributed by atoms with Crippen LogP contribution >= 0.6 is 11.3 Å². The zero-order valence-electron chi connectivity index (χ0n) is 19.4. The van der Waals surface area contributed by atoms with Gasteiger partial charge in [-0.05, 0) is 65.5 Å². The average Bonchev–Trinajstić information content (AvgIpc) is 3.37. The number of nitrogens with one attached hydrogen (secondary N) is 3. The van der Waals surface area contributed by atoms with E-state index in [1.165, 1.54) is 4.88 Å². The lowest BCUT2D eigenvalue weighted by atomic mass is 10.2. The Bertz CT molecular complexity index is 1240. The molecule has 0 bridgehead atoms. The fourth-order valence-electron chi connectivity index (χ4n) is 3.52. The van der Waals surface area contributed by atoms with E-state index >= 15 is 0 Å². The van der Waals surface area contributed by atoms with Crippen molar-refractivity contribution in [3.05, 3.63) is 107 Å². The molecule has 1 aromatic heterocycles. The van der Waals surface area contributed by atoms with Crippen molar-refractivity contribution < 1.29 is 4.79 Å². The molecule has 0 aliphatic rings. The fourth-order valence-corrected chi connectivity index (χ4v) is 4.24. The first-order valence-corrected chi connectivity index (χ1v) is 12.4. The highest BCUT2D eigenvalue weighted by molar-refractivity contribution is 7.10. The molecule has 0 saturated carbocycles. The van der Waals surface area contributed by atoms with Gasteiger partial charge in [0.05, 0.1) is 5.69 Å². The second-order valence-corrected chi connectivity index (χ2v) is 9.10. The predicted octanol–water partition coefficient (Wildman–Crippen LogP) is 5.84. The molecule has 7 heteroatoms. The van der Waals surface area contributed by atoms with E-state index in [-0.39, 0.29) is 5.91 Å². The molecule has 178 valence electrons. The first kappa shape index (κ1) is 24.2. The Morgan fingerprint density at radius 1 is 0.857 bits per heavy atom. The monoisotopic (exact) mass is 483 g/mol. The summed E-state index contributed by atoms with van der Waals surface area (Å²) in [6, 6.07) is 29.7. The van der Waals surface area contributed by atoms with Crippen LogP contribution in [0, 0.1) is 0 Å². The number of rotatable bonds is 11. The van der Waals surface area contributed by atoms with Crippen LogP contribution in [0.3, 0.4) is 0 Å². The van der Waals surface area contributed by atoms with E-state index in [4.69, 9.17) is 5.73 Å². The number of hydrogen-bond donors (Lipinski definition) is 4. The lowest BCUT2D eigenvalue weighted by Crippen LogP contribution is -2.21. The summed E-state index contributed by atoms with van der Waals surface area (Å²) >= 11 is 1.68. The number of carbonyl (C=O) groups is 1. The van der Waals surface area contributed by atoms with Crippen LogP contribution in [0.25, 0.3) is 0 Å². The molecule has 5 N–H and O–H groups in total. The molecule has 4 rings (SSSR count). The maximum atomic E-state index is 12.3. The zero-order valence-corrected chi connectivity index (χ0v) is 20.2. The quantitative estimate of drug-likeness (QED) is 0.122. The zero-order chi connectivity index (χ0) is 24.3. The van der Waals surface area contributed by atoms with Gasteiger partial charge in [-0.15, -0.1) is 11.3 Å². The van der Waals surface area contributed by atoms with E-state index in [0.29, 0.717) is 31.8 Å². The smallest absolute Gasteiger partial charge is 0.225 e. The molecular formula is C28H29N5OS. The lowest BCUT2D eigenvalue weighted by Gasteiger charge is -2.09. The average molecular weight is 484 g/mol. The summed E-state index contributed by atoms with van der Waals surface area (Å²) in [4.78, 5) is 18.0. The summed E-state index contributed by atoms with van der Waals surface area (Å²) in [5.41, 5.74) is 10.8. The number of amides is 1. The van der Waals surface area contributed by atoms with Crippen LogP contribution in [0.5, 0.6) is 0 Å². The van der Waals surface area contributed by atoms with Crippen LogP contribution in [0.4, 0.5) is 22.7 Å². The van der Waals surface area contributed by atoms with E-state index in [1.54, 1.807) is 11.3 Å². The maximum Gasteiger partial charge on any atom is 0.225 e. The van der Waals surface area contributed by atoms with Gasteiger partial charge < -0.3 is 21.7 Å². The molecule has 0 aliphatic carbocycles. The standard InChI is InChI=1S/C28H29N5OS/c29-27(19-26-10-5-17-35-26)32-25-9-4-6-21(18-25)20-30-16-15-28(34)33-24-13-11-23(12-14-24)31-22-7-2-1-3-8-22/h1-14,17-18,30-31H,15-16,19-20H2,(H2,29,32)(H,33,34). The van der Waals surface area contributed by atoms with Gasteiger partial charge in [0.1, 0.15) is 5.84 Å². The van der Waals surface area contributed by atoms with E-state index < -0.39 is 0 Å². The molecule has 35 heavy (non-hydrogen) atoms. The molecular weight excluding hydrogens is 454 g/mol. The Kier molecular flexibility index (Phi) is 8.64. The van der Waals surface area contributed by atoms with Gasteiger partial charge in [0.25, 0.3) is 0 Å². The van der Waals surface area contributed by atoms with Crippen molar-refractivity contribution in [3.63, 3.8) is 0 Å². The number of carbonyl (C=O) groups excluding carboxylic acids is 1. The SMILES string of the molecule is NC(Cc1cccs1)=Nc1cccc(CNCCC(=O)Nc2ccc(Nc3ccccc3)cc2)c1. The Morgan fingerprint density at radius 2 is 1.63 bits per heavy atom. The van der Waals surface area contributed by atoms with Gasteiger partial charge in [0.15, 0.2) is 0 Å². The minimum Gasteiger partial charge on any atom is -0.387 e. The van der Waals surface area contributed by atoms with Gasteiger partial charge in [-0.25, -0.2) is 4.99 Å². The summed E-state index contributed by atoms with van der Waals surface area (Å²) in [6.45, 7) is 1.23. The molecule has 0 unspecified atom stereocenters. The van der Waals surface area contributed by atoms with Crippen LogP contribution in [-0.2, 0) is 17.8 Å². The van der Waals surface area contributed by atoms with Gasteiger partial charge in [-0.3, -0.25) is 4.79 Å². The van der Waals surface area contributed by atoms with Crippen molar-refractivity contribution >= 4 is 45.8 Å². The van der Waals surface area contributed by atoms with Gasteiger partial charge in [0.2, 0.25) is 5.91 Å². The fraction of sp³-hybridized carbons (Fsp3) is 0.143. The topological polar surface area (TPSA) is 91.5 Å². The largest absolute Gasteiger partial charge is 0.387 e. The number of anilines is 3. The number of benzene rings is 3. The Hall–Kier alpha value is -3.94. The summed E-state index contributed by atoms with van der Waals surface area (Å²) in [5, 5.41) is 11.6. The summed E-state index contributed by atoms with van der Waals surface area (Å²) in [7, 11) is 0. The minimum atomic E-state index is -0.0269. The van der Waals surface area contributed by atoms with E-state index in [0.717, 1.165) is 28.3 Å². The summed E-state index contributed by atoms with van der Waals surface area (Å²) < 4.78 is 0. The number of amidine groups is 1. The number of nitrogens with two attached hydrogens (primary N) is 1. The van der Waals surface area contributed by atoms with Crippen molar-refractivity contribution in [2.24, 2.45) is 10.7 Å². The van der Waals surface area contributed by atoms with Crippen LogP contribution < -0.4 is 21.7 Å². The molecule has 0 fully saturated rings. The van der Waals surface area contributed by atoms with Gasteiger partial charge in [-0.1, -0.05) is 36.4 Å². The number of para-hydroxylation sites is 1. The normalized spacial score (nSPS) is 11.3. The Labute approximate surface area is 209 Å². The minimum absolute atomic E-state index is 0.0269. The third-order valence-electron chi connectivity index (χ3n) is 5.21. The first-order chi connectivity index (χ1) is 17.1. The third kappa shape index (κ3) is 8.10. The Balaban J connectivity index is 1.18. The van der Waals surface area contributed by atoms with Crippen LogP contribution in [0.2, 0.25) is 0 Å². The van der Waals surface area contributed by atoms with E-state index in [2.05, 4.69) is 27.0 Å². The Morgan fingerprint density at radius 3 is 2.40 bits per heavy atom. The molecule has 0 radical (unpaired) electrons. The highest BCUT2D eigenvalue weighted by Gasteiger charge is 2.04. The second-order valence-electron chi connectivity index (χ2n) is 8.07. The molecule has 6 nitrogen and oxygen atoms in total. The molecule has 0 atom stereocenters. The molecule has 0 aliphatic heterocycles. The van der Waals surface area contributed by atoms with Crippen LogP contribution in [0.15, 0.2) is 101 Å². The summed E-state index contributed by atoms with van der Waals surface area (Å²) in [6.07, 6.45) is 1.04. The van der Waals surface area contributed by atoms with E-state index in [1.807, 2.05) is 90.3 Å². The summed E-state index contributed by atoms with van der Waals surface area (Å²) in [5.74, 6) is 0.569.